The van der Waals surface area contributed by atoms with E-state index in [0.29, 0.717) is 87.6 Å². The van der Waals surface area contributed by atoms with Gasteiger partial charge in [-0.05, 0) is 183 Å². The van der Waals surface area contributed by atoms with Gasteiger partial charge in [-0.1, -0.05) is 121 Å². The Morgan fingerprint density at radius 3 is 0.794 bits per heavy atom. The van der Waals surface area contributed by atoms with Crippen molar-refractivity contribution in [3.63, 3.8) is 0 Å². The zero-order chi connectivity index (χ0) is 88.8. The predicted molar refractivity (Wildman–Crippen MR) is 463 cm³/mol. The zero-order valence-corrected chi connectivity index (χ0v) is 79.8. The van der Waals surface area contributed by atoms with Crippen molar-refractivity contribution < 1.29 is 156 Å². The van der Waals surface area contributed by atoms with Gasteiger partial charge in [-0.3, -0.25) is 44.3 Å². The van der Waals surface area contributed by atoms with E-state index in [4.69, 9.17) is 55.8 Å². The Morgan fingerprint density at radius 1 is 0.262 bits per heavy atom. The standard InChI is InChI=1S/C22H14F3N2.C20H11F2N2.C20H13N2.C16H10F3N2.4C5H12O2.4Ir/c1-14-6-8-15(9-7-14)20-21(27-19-5-3-2-4-18(19)26-20)16-10-12-17(13-11-16)22(23,24)25;21-15-9-5-13(6-10-15)19-20(14-7-11-16(22)12-8-14)24-18-4-2-1-3-17(18)23-19;1-3-9-15(10-4-1)19-20(16-11-5-2-6-12-16)22-18-14-8-7-13-17(18)21-19;1-10-15(21-14-5-3-2-4-13(14)20-10)11-6-8-12(9-7-11)16(17,18)19;4*1-4(6)3-5(2)7;;;;/h2-10,12-13H,1H3;1-7,9-12H;1-11,13-14H;2-6,8-9H,1H3;4*4-7H,3H2,1-2H3;;;;/q4*-1;;;;;;;;. The summed E-state index contributed by atoms with van der Waals surface area (Å²) in [5.74, 6) is -0.682. The van der Waals surface area contributed by atoms with Gasteiger partial charge in [-0.25, -0.2) is 4.39 Å². The third-order valence-corrected chi connectivity index (χ3v) is 17.5. The minimum atomic E-state index is -4.40. The molecule has 0 bridgehead atoms. The van der Waals surface area contributed by atoms with Gasteiger partial charge in [0, 0.05) is 115 Å². The summed E-state index contributed by atoms with van der Waals surface area (Å²) in [5, 5.41) is 68.5. The summed E-state index contributed by atoms with van der Waals surface area (Å²) in [6.07, 6.45) is -9.87. The summed E-state index contributed by atoms with van der Waals surface area (Å²) >= 11 is 0. The fourth-order valence-electron chi connectivity index (χ4n) is 12.0. The van der Waals surface area contributed by atoms with Crippen LogP contribution < -0.4 is 0 Å². The van der Waals surface area contributed by atoms with Crippen LogP contribution in [-0.2, 0) is 92.8 Å². The maximum absolute atomic E-state index is 13.2. The van der Waals surface area contributed by atoms with Gasteiger partial charge < -0.3 is 40.9 Å². The molecule has 8 atom stereocenters. The Bertz CT molecular complexity index is 5480. The van der Waals surface area contributed by atoms with E-state index in [9.17, 15) is 35.1 Å². The number of fused-ring (bicyclic) bond motifs is 4. The van der Waals surface area contributed by atoms with Crippen LogP contribution in [0, 0.1) is 49.7 Å². The molecule has 11 aromatic carbocycles. The third kappa shape index (κ3) is 35.3. The normalized spacial score (nSPS) is 12.6. The topological polar surface area (TPSA) is 265 Å². The van der Waals surface area contributed by atoms with E-state index in [1.54, 1.807) is 80.5 Å². The van der Waals surface area contributed by atoms with E-state index in [-0.39, 0.29) is 141 Å². The number of aliphatic hydroxyl groups is 8. The first-order valence-electron chi connectivity index (χ1n) is 39.2. The Balaban J connectivity index is 0.000000317. The molecule has 0 saturated heterocycles. The Hall–Kier alpha value is -9.50. The molecule has 672 valence electrons. The molecule has 0 aliphatic rings. The van der Waals surface area contributed by atoms with Crippen LogP contribution in [0.25, 0.3) is 123 Å². The van der Waals surface area contributed by atoms with Crippen LogP contribution in [0.15, 0.2) is 255 Å². The van der Waals surface area contributed by atoms with Crippen LogP contribution in [0.1, 0.15) is 103 Å². The molecule has 4 radical (unpaired) electrons. The quantitative estimate of drug-likeness (QED) is 0.0350. The van der Waals surface area contributed by atoms with Crippen molar-refractivity contribution >= 4 is 44.1 Å². The zero-order valence-electron chi connectivity index (χ0n) is 70.2. The van der Waals surface area contributed by atoms with E-state index in [2.05, 4.69) is 61.3 Å². The van der Waals surface area contributed by atoms with Gasteiger partial charge in [0.05, 0.1) is 110 Å². The molecule has 0 saturated carbocycles. The first-order valence-corrected chi connectivity index (χ1v) is 39.2. The third-order valence-electron chi connectivity index (χ3n) is 17.5. The average molecular weight is 2430 g/mol. The van der Waals surface area contributed by atoms with Gasteiger partial charge in [-0.2, -0.15) is 26.3 Å². The average Bonchev–Trinajstić information content (AvgIpc) is 0.796. The minimum Gasteiger partial charge on any atom is -0.393 e. The largest absolute Gasteiger partial charge is 0.393 e. The van der Waals surface area contributed by atoms with Crippen molar-refractivity contribution in [3.8, 4) is 78.8 Å². The molecule has 0 aliphatic heterocycles. The summed E-state index contributed by atoms with van der Waals surface area (Å²) in [5.41, 5.74) is 16.3. The van der Waals surface area contributed by atoms with Crippen LogP contribution in [0.2, 0.25) is 0 Å². The number of rotatable bonds is 15. The number of aryl methyl sites for hydroxylation is 2. The number of hydrogen-bond donors (Lipinski definition) is 8. The molecule has 16 nitrogen and oxygen atoms in total. The van der Waals surface area contributed by atoms with Gasteiger partial charge >= 0.3 is 12.4 Å². The molecule has 0 aliphatic carbocycles. The van der Waals surface area contributed by atoms with Gasteiger partial charge in [0.2, 0.25) is 0 Å². The van der Waals surface area contributed by atoms with E-state index < -0.39 is 23.5 Å². The number of aromatic nitrogens is 8. The predicted octanol–water partition coefficient (Wildman–Crippen LogP) is 20.9. The van der Waals surface area contributed by atoms with Crippen LogP contribution >= 0.6 is 0 Å². The fraction of sp³-hybridized carbons (Fsp3) is 0.245. The van der Waals surface area contributed by atoms with Crippen molar-refractivity contribution in [3.05, 3.63) is 313 Å². The number of hydrogen-bond acceptors (Lipinski definition) is 16. The number of benzene rings is 11. The first kappa shape index (κ1) is 109. The number of para-hydroxylation sites is 8. The summed E-state index contributed by atoms with van der Waals surface area (Å²) in [6, 6.07) is 84.6. The maximum atomic E-state index is 13.2. The number of aliphatic hydroxyl groups excluding tert-OH is 8. The van der Waals surface area contributed by atoms with E-state index in [1.165, 1.54) is 36.4 Å². The molecule has 8 N–H and O–H groups in total. The van der Waals surface area contributed by atoms with Crippen molar-refractivity contribution in [2.75, 3.05) is 0 Å². The Kier molecular flexibility index (Phi) is 46.1. The molecule has 0 fully saturated rings. The molecule has 8 unspecified atom stereocenters. The van der Waals surface area contributed by atoms with Crippen molar-refractivity contribution in [1.82, 2.24) is 39.9 Å². The van der Waals surface area contributed by atoms with Gasteiger partial charge in [0.15, 0.2) is 0 Å². The van der Waals surface area contributed by atoms with Crippen molar-refractivity contribution in [2.45, 2.75) is 156 Å². The van der Waals surface area contributed by atoms with Crippen molar-refractivity contribution in [1.29, 1.82) is 0 Å². The van der Waals surface area contributed by atoms with Gasteiger partial charge in [-0.15, -0.1) is 125 Å². The molecule has 4 heterocycles. The monoisotopic (exact) mass is 2440 g/mol. The summed E-state index contributed by atoms with van der Waals surface area (Å²) < 4.78 is 103. The number of halogens is 8. The van der Waals surface area contributed by atoms with E-state index in [1.807, 2.05) is 171 Å². The number of nitrogens with zero attached hydrogens (tertiary/aromatic N) is 8. The molecule has 0 amide bonds. The van der Waals surface area contributed by atoms with E-state index >= 15 is 0 Å². The summed E-state index contributed by atoms with van der Waals surface area (Å²) in [6.45, 7) is 17.0. The fourth-order valence-corrected chi connectivity index (χ4v) is 12.0. The summed E-state index contributed by atoms with van der Waals surface area (Å²) in [7, 11) is 0. The van der Waals surface area contributed by atoms with Gasteiger partial charge in [0.25, 0.3) is 0 Å². The molecule has 4 aromatic heterocycles. The molecule has 15 rings (SSSR count). The van der Waals surface area contributed by atoms with Crippen LogP contribution in [0.3, 0.4) is 0 Å². The second-order valence-corrected chi connectivity index (χ2v) is 29.0. The maximum Gasteiger partial charge on any atom is 0.381 e. The van der Waals surface area contributed by atoms with Crippen LogP contribution in [0.5, 0.6) is 0 Å². The minimum absolute atomic E-state index is 0. The molecule has 0 spiro atoms. The Labute approximate surface area is 782 Å². The van der Waals surface area contributed by atoms with Crippen LogP contribution in [-0.4, -0.2) is 130 Å². The SMILES string of the molecule is CC(O)CC(C)O.CC(O)CC(C)O.CC(O)CC(C)O.CC(O)CC(C)O.Cc1ccc(-c2nc3ccccc3nc2-c2[c-]cc(C(F)(F)F)cc2)cc1.Cc1nc2ccccc2nc1-c1[c-]cc(C(F)(F)F)cc1.Fc1c[c-]c(-c2nc3ccccc3nc2-c2ccc(F)cc2)cc1.[Ir].[Ir].[Ir].[Ir].[c-]1ccccc1-c1nc2ccccc2nc1-c1ccccc1. The summed E-state index contributed by atoms with van der Waals surface area (Å²) in [4.78, 5) is 37.3. The molecular formula is C98H96F8Ir4N8O8-4. The second kappa shape index (κ2) is 53.3. The smallest absolute Gasteiger partial charge is 0.381 e. The van der Waals surface area contributed by atoms with E-state index in [0.717, 1.165) is 96.6 Å². The molecular weight excluding hydrogens is 2340 g/mol. The molecule has 15 aromatic rings. The van der Waals surface area contributed by atoms with Crippen molar-refractivity contribution in [2.24, 2.45) is 0 Å². The number of alkyl halides is 6. The van der Waals surface area contributed by atoms with Crippen LogP contribution in [0.4, 0.5) is 35.1 Å². The van der Waals surface area contributed by atoms with Gasteiger partial charge in [0.1, 0.15) is 5.82 Å². The Morgan fingerprint density at radius 2 is 0.516 bits per heavy atom. The molecule has 28 heteroatoms. The molecule has 126 heavy (non-hydrogen) atoms. The second-order valence-electron chi connectivity index (χ2n) is 29.0. The first-order chi connectivity index (χ1) is 58.0.